The number of carbonyl (C=O) groups excluding carboxylic acids is 2. The van der Waals surface area contributed by atoms with E-state index in [-0.39, 0.29) is 41.8 Å². The van der Waals surface area contributed by atoms with Crippen molar-refractivity contribution in [1.82, 2.24) is 19.8 Å². The number of amides is 2. The summed E-state index contributed by atoms with van der Waals surface area (Å²) in [5.41, 5.74) is 0.113. The summed E-state index contributed by atoms with van der Waals surface area (Å²) in [7, 11) is 0. The van der Waals surface area contributed by atoms with Crippen LogP contribution in [0.1, 0.15) is 41.0 Å². The molecule has 0 bridgehead atoms. The molecule has 2 rings (SSSR count). The third-order valence-corrected chi connectivity index (χ3v) is 3.48. The molecule has 21 heavy (non-hydrogen) atoms. The second-order valence-electron chi connectivity index (χ2n) is 5.05. The van der Waals surface area contributed by atoms with Crippen LogP contribution in [0.25, 0.3) is 0 Å². The van der Waals surface area contributed by atoms with Crippen molar-refractivity contribution >= 4 is 29.9 Å². The number of rotatable bonds is 4. The van der Waals surface area contributed by atoms with Crippen molar-refractivity contribution in [3.8, 4) is 0 Å². The lowest BCUT2D eigenvalue weighted by Crippen LogP contribution is -2.60. The molecule has 0 atom stereocenters. The highest BCUT2D eigenvalue weighted by molar-refractivity contribution is 6.32. The molecule has 0 radical (unpaired) electrons. The van der Waals surface area contributed by atoms with E-state index < -0.39 is 12.0 Å². The van der Waals surface area contributed by atoms with Crippen LogP contribution in [0, 0.1) is 0 Å². The van der Waals surface area contributed by atoms with Gasteiger partial charge in [0.2, 0.25) is 0 Å². The minimum absolute atomic E-state index is 0.0438. The summed E-state index contributed by atoms with van der Waals surface area (Å²) in [4.78, 5) is 38.9. The Morgan fingerprint density at radius 1 is 1.48 bits per heavy atom. The molecule has 1 fully saturated rings. The number of hydrogen-bond acceptors (Lipinski definition) is 4. The van der Waals surface area contributed by atoms with Gasteiger partial charge in [0.05, 0.1) is 6.04 Å². The first-order chi connectivity index (χ1) is 9.85. The molecule has 1 aromatic heterocycles. The molecule has 1 aliphatic rings. The molecule has 0 saturated carbocycles. The number of nitrogens with one attached hydrogen (secondary N) is 1. The Hall–Kier alpha value is -2.09. The Kier molecular flexibility index (Phi) is 4.17. The molecule has 0 spiro atoms. The van der Waals surface area contributed by atoms with Crippen LogP contribution in [0.2, 0.25) is 5.15 Å². The maximum absolute atomic E-state index is 12.3. The highest BCUT2D eigenvalue weighted by Gasteiger charge is 2.33. The lowest BCUT2D eigenvalue weighted by Gasteiger charge is -2.37. The van der Waals surface area contributed by atoms with E-state index in [4.69, 9.17) is 16.7 Å². The predicted octanol–water partition coefficient (Wildman–Crippen LogP) is 1.02. The smallest absolute Gasteiger partial charge is 0.407 e. The maximum Gasteiger partial charge on any atom is 0.407 e. The zero-order valence-electron chi connectivity index (χ0n) is 11.5. The zero-order valence-corrected chi connectivity index (χ0v) is 12.3. The van der Waals surface area contributed by atoms with Crippen LogP contribution in [0.15, 0.2) is 0 Å². The van der Waals surface area contributed by atoms with Crippen LogP contribution >= 0.6 is 11.6 Å². The average molecular weight is 315 g/mol. The van der Waals surface area contributed by atoms with Crippen LogP contribution in [0.4, 0.5) is 4.79 Å². The number of likely N-dealkylation sites (tertiary alicyclic amines) is 1. The molecule has 0 aromatic carbocycles. The third kappa shape index (κ3) is 2.85. The Bertz CT molecular complexity index is 592. The minimum atomic E-state index is -1.02. The van der Waals surface area contributed by atoms with Crippen molar-refractivity contribution < 1.29 is 19.5 Å². The normalized spacial score (nSPS) is 15.0. The minimum Gasteiger partial charge on any atom is -0.465 e. The standard InChI is InChI=1S/C12H15ClN4O4/c1-6(2)17-8(5-18)15-10(13)9(17)11(19)14-7-3-16(4-7)12(20)21/h5-7H,3-4H2,1-2H3,(H,14,19)(H,20,21). The van der Waals surface area contributed by atoms with Gasteiger partial charge in [0.1, 0.15) is 5.69 Å². The van der Waals surface area contributed by atoms with Crippen molar-refractivity contribution in [3.05, 3.63) is 16.7 Å². The van der Waals surface area contributed by atoms with Gasteiger partial charge in [-0.1, -0.05) is 11.6 Å². The molecular weight excluding hydrogens is 300 g/mol. The van der Waals surface area contributed by atoms with E-state index in [1.807, 2.05) is 0 Å². The number of aromatic nitrogens is 2. The summed E-state index contributed by atoms with van der Waals surface area (Å²) in [5.74, 6) is -0.384. The van der Waals surface area contributed by atoms with Gasteiger partial charge in [0, 0.05) is 19.1 Å². The molecule has 2 N–H and O–H groups in total. The van der Waals surface area contributed by atoms with Crippen molar-refractivity contribution in [2.45, 2.75) is 25.9 Å². The Morgan fingerprint density at radius 2 is 2.10 bits per heavy atom. The summed E-state index contributed by atoms with van der Waals surface area (Å²) in [6, 6.07) is -0.428. The van der Waals surface area contributed by atoms with Gasteiger partial charge >= 0.3 is 6.09 Å². The molecule has 1 aromatic rings. The van der Waals surface area contributed by atoms with E-state index in [1.54, 1.807) is 13.8 Å². The van der Waals surface area contributed by atoms with Gasteiger partial charge < -0.3 is 19.9 Å². The summed E-state index contributed by atoms with van der Waals surface area (Å²) in [6.07, 6.45) is -0.480. The molecule has 0 aliphatic carbocycles. The number of hydrogen-bond donors (Lipinski definition) is 2. The molecule has 8 nitrogen and oxygen atoms in total. The van der Waals surface area contributed by atoms with E-state index in [9.17, 15) is 14.4 Å². The third-order valence-electron chi connectivity index (χ3n) is 3.22. The number of nitrogens with zero attached hydrogens (tertiary/aromatic N) is 3. The highest BCUT2D eigenvalue weighted by Crippen LogP contribution is 2.22. The Labute approximate surface area is 125 Å². The second-order valence-corrected chi connectivity index (χ2v) is 5.41. The fraction of sp³-hybridized carbons (Fsp3) is 0.500. The van der Waals surface area contributed by atoms with Crippen molar-refractivity contribution in [3.63, 3.8) is 0 Å². The molecule has 0 unspecified atom stereocenters. The van der Waals surface area contributed by atoms with Crippen LogP contribution in [0.3, 0.4) is 0 Å². The first-order valence-electron chi connectivity index (χ1n) is 6.36. The highest BCUT2D eigenvalue weighted by atomic mass is 35.5. The first kappa shape index (κ1) is 15.3. The van der Waals surface area contributed by atoms with Crippen LogP contribution in [0.5, 0.6) is 0 Å². The van der Waals surface area contributed by atoms with E-state index in [0.29, 0.717) is 6.29 Å². The van der Waals surface area contributed by atoms with Crippen LogP contribution in [-0.4, -0.2) is 57.0 Å². The van der Waals surface area contributed by atoms with Gasteiger partial charge in [-0.05, 0) is 13.8 Å². The van der Waals surface area contributed by atoms with Crippen molar-refractivity contribution in [1.29, 1.82) is 0 Å². The Morgan fingerprint density at radius 3 is 2.57 bits per heavy atom. The number of imidazole rings is 1. The average Bonchev–Trinajstić information content (AvgIpc) is 2.69. The molecule has 9 heteroatoms. The zero-order chi connectivity index (χ0) is 15.7. The largest absolute Gasteiger partial charge is 0.465 e. The van der Waals surface area contributed by atoms with Crippen LogP contribution < -0.4 is 5.32 Å². The Balaban J connectivity index is 2.15. The monoisotopic (exact) mass is 314 g/mol. The van der Waals surface area contributed by atoms with Gasteiger partial charge in [-0.25, -0.2) is 9.78 Å². The summed E-state index contributed by atoms with van der Waals surface area (Å²) in [6.45, 7) is 4.07. The van der Waals surface area contributed by atoms with Crippen molar-refractivity contribution in [2.75, 3.05) is 13.1 Å². The van der Waals surface area contributed by atoms with Gasteiger partial charge in [-0.2, -0.15) is 0 Å². The lowest BCUT2D eigenvalue weighted by molar-refractivity contribution is 0.0760. The fourth-order valence-corrected chi connectivity index (χ4v) is 2.47. The van der Waals surface area contributed by atoms with Crippen molar-refractivity contribution in [2.24, 2.45) is 0 Å². The van der Waals surface area contributed by atoms with E-state index in [0.717, 1.165) is 0 Å². The lowest BCUT2D eigenvalue weighted by atomic mass is 10.1. The topological polar surface area (TPSA) is 105 Å². The van der Waals surface area contributed by atoms with Gasteiger partial charge in [-0.3, -0.25) is 9.59 Å². The molecule has 1 saturated heterocycles. The molecule has 2 amide bonds. The van der Waals surface area contributed by atoms with E-state index in [2.05, 4.69) is 10.3 Å². The molecule has 1 aliphatic heterocycles. The summed E-state index contributed by atoms with van der Waals surface area (Å²) < 4.78 is 1.46. The maximum atomic E-state index is 12.3. The predicted molar refractivity (Wildman–Crippen MR) is 73.9 cm³/mol. The summed E-state index contributed by atoms with van der Waals surface area (Å²) in [5, 5.41) is 11.4. The molecule has 2 heterocycles. The van der Waals surface area contributed by atoms with E-state index >= 15 is 0 Å². The number of aldehydes is 1. The van der Waals surface area contributed by atoms with Gasteiger partial charge in [0.15, 0.2) is 17.3 Å². The van der Waals surface area contributed by atoms with Gasteiger partial charge in [0.25, 0.3) is 5.91 Å². The van der Waals surface area contributed by atoms with E-state index in [1.165, 1.54) is 9.47 Å². The van der Waals surface area contributed by atoms with Gasteiger partial charge in [-0.15, -0.1) is 0 Å². The fourth-order valence-electron chi connectivity index (χ4n) is 2.21. The molecule has 114 valence electrons. The number of carbonyl (C=O) groups is 3. The summed E-state index contributed by atoms with van der Waals surface area (Å²) >= 11 is 5.94. The van der Waals surface area contributed by atoms with Crippen LogP contribution in [-0.2, 0) is 0 Å². The number of halogens is 1. The second kappa shape index (κ2) is 5.72. The SMILES string of the molecule is CC(C)n1c(C=O)nc(Cl)c1C(=O)NC1CN(C(=O)O)C1. The quantitative estimate of drug-likeness (QED) is 0.807. The first-order valence-corrected chi connectivity index (χ1v) is 6.74. The molecular formula is C12H15ClN4O4. The number of carboxylic acid groups (broad SMARTS) is 1.